The summed E-state index contributed by atoms with van der Waals surface area (Å²) < 4.78 is 19.1. The minimum absolute atomic E-state index is 0.0296. The zero-order valence-corrected chi connectivity index (χ0v) is 12.7. The normalized spacial score (nSPS) is 22.4. The van der Waals surface area contributed by atoms with E-state index in [1.54, 1.807) is 26.0 Å². The maximum absolute atomic E-state index is 13.6. The van der Waals surface area contributed by atoms with Crippen molar-refractivity contribution in [3.05, 3.63) is 47.9 Å². The molecule has 1 rings (SSSR count). The Labute approximate surface area is 121 Å². The van der Waals surface area contributed by atoms with Gasteiger partial charge in [-0.25, -0.2) is 4.39 Å². The maximum Gasteiger partial charge on any atom is 0.148 e. The number of hydrogen-bond donors (Lipinski definition) is 0. The highest BCUT2D eigenvalue weighted by Crippen LogP contribution is 2.17. The predicted molar refractivity (Wildman–Crippen MR) is 83.6 cm³/mol. The minimum Gasteiger partial charge on any atom is -0.357 e. The Balaban J connectivity index is 2.64. The molecule has 0 saturated carbocycles. The van der Waals surface area contributed by atoms with Gasteiger partial charge < -0.3 is 4.74 Å². The molecule has 0 amide bonds. The summed E-state index contributed by atoms with van der Waals surface area (Å²) in [6.07, 6.45) is 9.97. The molecule has 0 aromatic rings. The van der Waals surface area contributed by atoms with E-state index in [0.717, 1.165) is 31.6 Å². The van der Waals surface area contributed by atoms with Crippen molar-refractivity contribution >= 4 is 5.71 Å². The highest BCUT2D eigenvalue weighted by Gasteiger charge is 2.11. The van der Waals surface area contributed by atoms with E-state index in [2.05, 4.69) is 11.6 Å². The Kier molecular flexibility index (Phi) is 7.16. The summed E-state index contributed by atoms with van der Waals surface area (Å²) >= 11 is 0. The van der Waals surface area contributed by atoms with Gasteiger partial charge in [0.05, 0.1) is 0 Å². The number of aliphatic imine (C=N–C) groups is 1. The lowest BCUT2D eigenvalue weighted by atomic mass is 10.1. The monoisotopic (exact) mass is 277 g/mol. The number of nitrogens with zero attached hydrogens (tertiary/aromatic N) is 1. The second kappa shape index (κ2) is 8.64. The lowest BCUT2D eigenvalue weighted by molar-refractivity contribution is 0.0224. The van der Waals surface area contributed by atoms with Crippen LogP contribution in [0.5, 0.6) is 0 Å². The highest BCUT2D eigenvalue weighted by molar-refractivity contribution is 5.93. The van der Waals surface area contributed by atoms with E-state index >= 15 is 0 Å². The molecule has 0 aromatic carbocycles. The standard InChI is InChI=1S/C17H24FNO/c1-5-8-16(18)15(4)13(2)10-11-14(3)19-17-9-6-7-12-20-17/h5,8,10-11,17H,2,6-7,9,12H2,1,3-4H3/b8-5?,11-10-,16-15?,19-14?. The topological polar surface area (TPSA) is 21.6 Å². The smallest absolute Gasteiger partial charge is 0.148 e. The molecule has 0 N–H and O–H groups in total. The summed E-state index contributed by atoms with van der Waals surface area (Å²) in [5.74, 6) is -0.257. The van der Waals surface area contributed by atoms with Gasteiger partial charge in [0.15, 0.2) is 0 Å². The first-order valence-electron chi connectivity index (χ1n) is 7.07. The molecule has 1 heterocycles. The predicted octanol–water partition coefficient (Wildman–Crippen LogP) is 4.91. The Morgan fingerprint density at radius 1 is 1.25 bits per heavy atom. The fourth-order valence-electron chi connectivity index (χ4n) is 1.87. The molecule has 2 nitrogen and oxygen atoms in total. The molecule has 0 radical (unpaired) electrons. The van der Waals surface area contributed by atoms with Crippen LogP contribution in [0.15, 0.2) is 52.8 Å². The third-order valence-electron chi connectivity index (χ3n) is 3.18. The summed E-state index contributed by atoms with van der Waals surface area (Å²) in [6, 6.07) is 0. The van der Waals surface area contributed by atoms with Crippen LogP contribution in [0, 0.1) is 0 Å². The summed E-state index contributed by atoms with van der Waals surface area (Å²) in [6.45, 7) is 10.1. The van der Waals surface area contributed by atoms with E-state index in [0.29, 0.717) is 11.1 Å². The molecule has 1 atom stereocenters. The third kappa shape index (κ3) is 5.66. The molecule has 0 spiro atoms. The fourth-order valence-corrected chi connectivity index (χ4v) is 1.87. The molecule has 1 unspecified atom stereocenters. The Morgan fingerprint density at radius 2 is 2.00 bits per heavy atom. The van der Waals surface area contributed by atoms with Gasteiger partial charge in [-0.05, 0) is 63.3 Å². The van der Waals surface area contributed by atoms with E-state index in [-0.39, 0.29) is 12.1 Å². The number of rotatable bonds is 5. The van der Waals surface area contributed by atoms with E-state index in [1.807, 2.05) is 13.0 Å². The first-order valence-corrected chi connectivity index (χ1v) is 7.07. The lowest BCUT2D eigenvalue weighted by Crippen LogP contribution is -2.17. The minimum atomic E-state index is -0.257. The van der Waals surface area contributed by atoms with Gasteiger partial charge >= 0.3 is 0 Å². The Hall–Kier alpha value is -1.48. The molecule has 1 saturated heterocycles. The number of allylic oxidation sites excluding steroid dienone is 7. The largest absolute Gasteiger partial charge is 0.357 e. The first-order chi connectivity index (χ1) is 9.54. The molecule has 0 aromatic heterocycles. The van der Waals surface area contributed by atoms with E-state index in [9.17, 15) is 4.39 Å². The van der Waals surface area contributed by atoms with Crippen LogP contribution in [-0.2, 0) is 4.74 Å². The summed E-state index contributed by atoms with van der Waals surface area (Å²) in [7, 11) is 0. The SMILES string of the molecule is C=C(/C=C\C(C)=NC1CCCCO1)C(C)=C(F)C=CC. The van der Waals surface area contributed by atoms with Gasteiger partial charge in [0.25, 0.3) is 0 Å². The summed E-state index contributed by atoms with van der Waals surface area (Å²) in [4.78, 5) is 4.49. The van der Waals surface area contributed by atoms with Crippen molar-refractivity contribution in [2.24, 2.45) is 4.99 Å². The van der Waals surface area contributed by atoms with Crippen molar-refractivity contribution in [2.75, 3.05) is 6.61 Å². The van der Waals surface area contributed by atoms with Gasteiger partial charge in [0.2, 0.25) is 0 Å². The number of ether oxygens (including phenoxy) is 1. The average molecular weight is 277 g/mol. The van der Waals surface area contributed by atoms with Crippen molar-refractivity contribution in [2.45, 2.75) is 46.3 Å². The zero-order chi connectivity index (χ0) is 15.0. The Morgan fingerprint density at radius 3 is 2.60 bits per heavy atom. The van der Waals surface area contributed by atoms with Crippen molar-refractivity contribution in [1.29, 1.82) is 0 Å². The van der Waals surface area contributed by atoms with Crippen LogP contribution in [0.2, 0.25) is 0 Å². The molecule has 1 aliphatic rings. The summed E-state index contributed by atoms with van der Waals surface area (Å²) in [5.41, 5.74) is 2.07. The number of halogens is 1. The third-order valence-corrected chi connectivity index (χ3v) is 3.18. The van der Waals surface area contributed by atoms with Crippen molar-refractivity contribution < 1.29 is 9.13 Å². The van der Waals surface area contributed by atoms with Crippen LogP contribution in [0.4, 0.5) is 4.39 Å². The lowest BCUT2D eigenvalue weighted by Gasteiger charge is -2.19. The van der Waals surface area contributed by atoms with Crippen LogP contribution >= 0.6 is 0 Å². The van der Waals surface area contributed by atoms with E-state index < -0.39 is 0 Å². The zero-order valence-electron chi connectivity index (χ0n) is 12.7. The van der Waals surface area contributed by atoms with Gasteiger partial charge in [-0.15, -0.1) is 0 Å². The molecular formula is C17H24FNO. The van der Waals surface area contributed by atoms with Gasteiger partial charge in [-0.2, -0.15) is 0 Å². The molecule has 20 heavy (non-hydrogen) atoms. The van der Waals surface area contributed by atoms with Crippen molar-refractivity contribution in [3.63, 3.8) is 0 Å². The van der Waals surface area contributed by atoms with Crippen molar-refractivity contribution in [1.82, 2.24) is 0 Å². The molecule has 110 valence electrons. The second-order valence-electron chi connectivity index (χ2n) is 4.92. The maximum atomic E-state index is 13.6. The number of hydrogen-bond acceptors (Lipinski definition) is 2. The van der Waals surface area contributed by atoms with Crippen LogP contribution < -0.4 is 0 Å². The van der Waals surface area contributed by atoms with Crippen LogP contribution in [0.25, 0.3) is 0 Å². The molecule has 0 bridgehead atoms. The molecule has 3 heteroatoms. The molecular weight excluding hydrogens is 253 g/mol. The van der Waals surface area contributed by atoms with Gasteiger partial charge in [0, 0.05) is 12.3 Å². The fraction of sp³-hybridized carbons (Fsp3) is 0.471. The van der Waals surface area contributed by atoms with Gasteiger partial charge in [0.1, 0.15) is 12.1 Å². The van der Waals surface area contributed by atoms with Crippen LogP contribution in [0.1, 0.15) is 40.0 Å². The molecule has 0 aliphatic carbocycles. The van der Waals surface area contributed by atoms with Crippen LogP contribution in [-0.4, -0.2) is 18.5 Å². The molecule has 1 fully saturated rings. The van der Waals surface area contributed by atoms with E-state index in [4.69, 9.17) is 4.74 Å². The average Bonchev–Trinajstić information content (AvgIpc) is 2.45. The second-order valence-corrected chi connectivity index (χ2v) is 4.92. The van der Waals surface area contributed by atoms with Crippen LogP contribution in [0.3, 0.4) is 0 Å². The summed E-state index contributed by atoms with van der Waals surface area (Å²) in [5, 5.41) is 0. The van der Waals surface area contributed by atoms with E-state index in [1.165, 1.54) is 6.08 Å². The van der Waals surface area contributed by atoms with Crippen molar-refractivity contribution in [3.8, 4) is 0 Å². The quantitative estimate of drug-likeness (QED) is 0.517. The highest BCUT2D eigenvalue weighted by atomic mass is 19.1. The van der Waals surface area contributed by atoms with Gasteiger partial charge in [-0.3, -0.25) is 4.99 Å². The van der Waals surface area contributed by atoms with Gasteiger partial charge in [-0.1, -0.05) is 18.7 Å². The molecule has 1 aliphatic heterocycles. The Bertz CT molecular complexity index is 452. The first kappa shape index (κ1) is 16.6.